The lowest BCUT2D eigenvalue weighted by Crippen LogP contribution is -2.53. The number of nitrogens with one attached hydrogen (secondary N) is 2. The van der Waals surface area contributed by atoms with Crippen LogP contribution in [0.2, 0.25) is 0 Å². The molecule has 0 aliphatic carbocycles. The maximum atomic E-state index is 11.9. The fraction of sp³-hybridized carbons (Fsp3) is 0.273. The number of rotatable bonds is 4. The third kappa shape index (κ3) is 2.94. The molecule has 2 amide bonds. The van der Waals surface area contributed by atoms with E-state index in [0.29, 0.717) is 11.3 Å². The smallest absolute Gasteiger partial charge is 0.254 e. The van der Waals surface area contributed by atoms with E-state index in [0.717, 1.165) is 0 Å². The summed E-state index contributed by atoms with van der Waals surface area (Å²) in [5.41, 5.74) is 7.30. The maximum Gasteiger partial charge on any atom is 0.254 e. The number of anilines is 1. The third-order valence-electron chi connectivity index (χ3n) is 2.37. The highest BCUT2D eigenvalue weighted by atomic mass is 16.2. The molecule has 0 bridgehead atoms. The number of nitrogen functional groups attached to an aromatic ring is 1. The van der Waals surface area contributed by atoms with Gasteiger partial charge in [-0.1, -0.05) is 12.1 Å². The number of carbonyl (C=O) groups is 2. The minimum Gasteiger partial charge on any atom is -0.368 e. The Morgan fingerprint density at radius 3 is 2.35 bits per heavy atom. The van der Waals surface area contributed by atoms with Gasteiger partial charge in [-0.2, -0.15) is 0 Å². The van der Waals surface area contributed by atoms with Crippen molar-refractivity contribution in [2.45, 2.75) is 19.4 Å². The molecule has 92 valence electrons. The highest BCUT2D eigenvalue weighted by molar-refractivity contribution is 6.02. The van der Waals surface area contributed by atoms with Crippen molar-refractivity contribution < 1.29 is 9.59 Å². The molecule has 0 saturated carbocycles. The molecule has 0 atom stereocenters. The Hall–Kier alpha value is -2.08. The van der Waals surface area contributed by atoms with Crippen LogP contribution in [0.3, 0.4) is 0 Å². The van der Waals surface area contributed by atoms with Crippen LogP contribution in [0.4, 0.5) is 5.69 Å². The molecule has 0 radical (unpaired) electrons. The van der Waals surface area contributed by atoms with E-state index in [2.05, 4.69) is 10.7 Å². The zero-order chi connectivity index (χ0) is 13.1. The zero-order valence-electron chi connectivity index (χ0n) is 9.78. The molecular weight excluding hydrogens is 220 g/mol. The Morgan fingerprint density at radius 2 is 1.82 bits per heavy atom. The molecule has 1 aromatic carbocycles. The first-order valence-electron chi connectivity index (χ1n) is 5.06. The summed E-state index contributed by atoms with van der Waals surface area (Å²) in [6.45, 7) is 3.07. The second-order valence-electron chi connectivity index (χ2n) is 4.13. The van der Waals surface area contributed by atoms with Gasteiger partial charge in [-0.3, -0.25) is 15.4 Å². The molecule has 0 aromatic heterocycles. The highest BCUT2D eigenvalue weighted by Crippen LogP contribution is 2.14. The third-order valence-corrected chi connectivity index (χ3v) is 2.37. The summed E-state index contributed by atoms with van der Waals surface area (Å²) in [6, 6.07) is 6.70. The van der Waals surface area contributed by atoms with Gasteiger partial charge in [0.15, 0.2) is 0 Å². The number of para-hydroxylation sites is 1. The van der Waals surface area contributed by atoms with Gasteiger partial charge in [0.05, 0.1) is 11.3 Å². The molecule has 0 unspecified atom stereocenters. The van der Waals surface area contributed by atoms with Gasteiger partial charge in [-0.15, -0.1) is 0 Å². The van der Waals surface area contributed by atoms with E-state index in [1.165, 1.54) is 13.8 Å². The molecule has 6 N–H and O–H groups in total. The molecule has 0 aliphatic rings. The van der Waals surface area contributed by atoms with Crippen LogP contribution in [-0.4, -0.2) is 17.4 Å². The number of hydrazine groups is 1. The number of primary amides is 1. The average molecular weight is 236 g/mol. The minimum atomic E-state index is -1.11. The van der Waals surface area contributed by atoms with Crippen molar-refractivity contribution >= 4 is 17.5 Å². The molecule has 0 spiro atoms. The van der Waals surface area contributed by atoms with E-state index >= 15 is 0 Å². The summed E-state index contributed by atoms with van der Waals surface area (Å²) in [7, 11) is 0. The molecule has 1 aromatic rings. The molecule has 6 nitrogen and oxygen atoms in total. The number of carbonyl (C=O) groups excluding carboxylic acids is 2. The van der Waals surface area contributed by atoms with Crippen molar-refractivity contribution in [3.63, 3.8) is 0 Å². The highest BCUT2D eigenvalue weighted by Gasteiger charge is 2.27. The molecule has 0 heterocycles. The molecule has 0 saturated heterocycles. The Labute approximate surface area is 99.3 Å². The topological polar surface area (TPSA) is 110 Å². The van der Waals surface area contributed by atoms with Gasteiger partial charge in [0.1, 0.15) is 5.54 Å². The van der Waals surface area contributed by atoms with Crippen LogP contribution >= 0.6 is 0 Å². The molecule has 6 heteroatoms. The SMILES string of the molecule is CC(C)(NC(=O)c1ccccc1NN)C(N)=O. The van der Waals surface area contributed by atoms with Gasteiger partial charge in [0, 0.05) is 0 Å². The van der Waals surface area contributed by atoms with Crippen molar-refractivity contribution in [1.82, 2.24) is 5.32 Å². The van der Waals surface area contributed by atoms with Crippen molar-refractivity contribution in [3.8, 4) is 0 Å². The van der Waals surface area contributed by atoms with Crippen LogP contribution in [0.15, 0.2) is 24.3 Å². The lowest BCUT2D eigenvalue weighted by Gasteiger charge is -2.22. The average Bonchev–Trinajstić information content (AvgIpc) is 2.28. The van der Waals surface area contributed by atoms with E-state index in [1.807, 2.05) is 0 Å². The largest absolute Gasteiger partial charge is 0.368 e. The Balaban J connectivity index is 2.94. The number of amides is 2. The second kappa shape index (κ2) is 4.84. The van der Waals surface area contributed by atoms with Gasteiger partial charge in [0.25, 0.3) is 5.91 Å². The van der Waals surface area contributed by atoms with Crippen molar-refractivity contribution in [2.24, 2.45) is 11.6 Å². The predicted molar refractivity (Wildman–Crippen MR) is 65.0 cm³/mol. The van der Waals surface area contributed by atoms with E-state index in [1.54, 1.807) is 24.3 Å². The van der Waals surface area contributed by atoms with Crippen LogP contribution in [0.5, 0.6) is 0 Å². The van der Waals surface area contributed by atoms with E-state index in [-0.39, 0.29) is 0 Å². The Bertz CT molecular complexity index is 443. The van der Waals surface area contributed by atoms with E-state index in [4.69, 9.17) is 11.6 Å². The number of hydrogen-bond acceptors (Lipinski definition) is 4. The number of nitrogens with two attached hydrogens (primary N) is 2. The molecule has 0 fully saturated rings. The lowest BCUT2D eigenvalue weighted by molar-refractivity contribution is -0.122. The summed E-state index contributed by atoms with van der Waals surface area (Å²) < 4.78 is 0. The van der Waals surface area contributed by atoms with Crippen LogP contribution in [0, 0.1) is 0 Å². The normalized spacial score (nSPS) is 10.8. The molecular formula is C11H16N4O2. The quantitative estimate of drug-likeness (QED) is 0.434. The van der Waals surface area contributed by atoms with Crippen LogP contribution in [0.1, 0.15) is 24.2 Å². The summed E-state index contributed by atoms with van der Waals surface area (Å²) in [5.74, 6) is 4.27. The first-order chi connectivity index (χ1) is 7.88. The second-order valence-corrected chi connectivity index (χ2v) is 4.13. The number of hydrogen-bond donors (Lipinski definition) is 4. The van der Waals surface area contributed by atoms with E-state index in [9.17, 15) is 9.59 Å². The van der Waals surface area contributed by atoms with Crippen LogP contribution < -0.4 is 22.3 Å². The monoisotopic (exact) mass is 236 g/mol. The summed E-state index contributed by atoms with van der Waals surface area (Å²) in [4.78, 5) is 23.0. The minimum absolute atomic E-state index is 0.351. The summed E-state index contributed by atoms with van der Waals surface area (Å²) in [6.07, 6.45) is 0. The maximum absolute atomic E-state index is 11.9. The zero-order valence-corrected chi connectivity index (χ0v) is 9.78. The molecule has 17 heavy (non-hydrogen) atoms. The fourth-order valence-corrected chi connectivity index (χ4v) is 1.22. The lowest BCUT2D eigenvalue weighted by atomic mass is 10.0. The van der Waals surface area contributed by atoms with Crippen molar-refractivity contribution in [3.05, 3.63) is 29.8 Å². The Kier molecular flexibility index (Phi) is 3.69. The predicted octanol–water partition coefficient (Wildman–Crippen LogP) is -0.0341. The molecule has 0 aliphatic heterocycles. The first kappa shape index (κ1) is 13.0. The summed E-state index contributed by atoms with van der Waals surface area (Å²) >= 11 is 0. The van der Waals surface area contributed by atoms with Gasteiger partial charge < -0.3 is 16.5 Å². The van der Waals surface area contributed by atoms with Gasteiger partial charge >= 0.3 is 0 Å². The van der Waals surface area contributed by atoms with Crippen molar-refractivity contribution in [2.75, 3.05) is 5.43 Å². The van der Waals surface area contributed by atoms with Crippen molar-refractivity contribution in [1.29, 1.82) is 0 Å². The standard InChI is InChI=1S/C11H16N4O2/c1-11(2,10(12)17)14-9(16)7-5-3-4-6-8(7)15-13/h3-6,15H,13H2,1-2H3,(H2,12,17)(H,14,16). The molecule has 1 rings (SSSR count). The fourth-order valence-electron chi connectivity index (χ4n) is 1.22. The number of benzene rings is 1. The Morgan fingerprint density at radius 1 is 1.24 bits per heavy atom. The first-order valence-corrected chi connectivity index (χ1v) is 5.06. The van der Waals surface area contributed by atoms with Crippen LogP contribution in [-0.2, 0) is 4.79 Å². The summed E-state index contributed by atoms with van der Waals surface area (Å²) in [5, 5.41) is 2.54. The van der Waals surface area contributed by atoms with Crippen LogP contribution in [0.25, 0.3) is 0 Å². The van der Waals surface area contributed by atoms with Gasteiger partial charge in [-0.25, -0.2) is 0 Å². The van der Waals surface area contributed by atoms with Gasteiger partial charge in [0.2, 0.25) is 5.91 Å². The van der Waals surface area contributed by atoms with Gasteiger partial charge in [-0.05, 0) is 26.0 Å². The van der Waals surface area contributed by atoms with E-state index < -0.39 is 17.4 Å².